The van der Waals surface area contributed by atoms with Crippen LogP contribution in [0.4, 0.5) is 0 Å². The summed E-state index contributed by atoms with van der Waals surface area (Å²) in [6.45, 7) is 5.62. The number of nitrogens with zero attached hydrogens (tertiary/aromatic N) is 2. The van der Waals surface area contributed by atoms with Gasteiger partial charge in [-0.25, -0.2) is 0 Å². The molecule has 2 aliphatic heterocycles. The van der Waals surface area contributed by atoms with E-state index in [-0.39, 0.29) is 0 Å². The summed E-state index contributed by atoms with van der Waals surface area (Å²) in [5, 5.41) is 0. The predicted molar refractivity (Wildman–Crippen MR) is 80.2 cm³/mol. The second-order valence-electron chi connectivity index (χ2n) is 5.34. The molecule has 0 saturated carbocycles. The van der Waals surface area contributed by atoms with Gasteiger partial charge in [-0.05, 0) is 30.0 Å². The molecule has 3 rings (SSSR count). The number of aryl methyl sites for hydroxylation is 1. The van der Waals surface area contributed by atoms with Gasteiger partial charge < -0.3 is 9.80 Å². The number of rotatable bonds is 4. The van der Waals surface area contributed by atoms with Crippen molar-refractivity contribution in [1.82, 2.24) is 9.80 Å². The maximum absolute atomic E-state index is 2.46. The third-order valence-electron chi connectivity index (χ3n) is 3.94. The number of hydrogen-bond donors (Lipinski definition) is 0. The van der Waals surface area contributed by atoms with Crippen LogP contribution in [-0.4, -0.2) is 16.3 Å². The van der Waals surface area contributed by atoms with E-state index in [0.29, 0.717) is 6.17 Å². The number of fused-ring (bicyclic) bond motifs is 3. The second kappa shape index (κ2) is 5.12. The molecule has 0 radical (unpaired) electrons. The smallest absolute Gasteiger partial charge is 0.132 e. The quantitative estimate of drug-likeness (QED) is 0.797. The summed E-state index contributed by atoms with van der Waals surface area (Å²) in [4.78, 5) is 4.79. The fourth-order valence-corrected chi connectivity index (χ4v) is 3.14. The fourth-order valence-electron chi connectivity index (χ4n) is 3.14. The van der Waals surface area contributed by atoms with E-state index in [1.165, 1.54) is 36.0 Å². The first-order valence-corrected chi connectivity index (χ1v) is 7.36. The first-order valence-electron chi connectivity index (χ1n) is 7.36. The molecule has 100 valence electrons. The molecular formula is C17H22N2. The van der Waals surface area contributed by atoms with E-state index in [1.54, 1.807) is 0 Å². The molecule has 0 fully saturated rings. The van der Waals surface area contributed by atoms with Gasteiger partial charge in [-0.2, -0.15) is 0 Å². The lowest BCUT2D eigenvalue weighted by Crippen LogP contribution is -2.31. The lowest BCUT2D eigenvalue weighted by atomic mass is 9.93. The molecule has 0 aromatic heterocycles. The largest absolute Gasteiger partial charge is 0.352 e. The zero-order valence-corrected chi connectivity index (χ0v) is 11.8. The summed E-state index contributed by atoms with van der Waals surface area (Å²) in [6.07, 6.45) is 12.8. The summed E-state index contributed by atoms with van der Waals surface area (Å²) in [6, 6.07) is 6.73. The van der Waals surface area contributed by atoms with Crippen molar-refractivity contribution in [2.45, 2.75) is 39.3 Å². The molecule has 0 N–H and O–H groups in total. The molecule has 1 aromatic carbocycles. The van der Waals surface area contributed by atoms with Crippen LogP contribution < -0.4 is 0 Å². The Hall–Kier alpha value is -1.70. The molecule has 2 aliphatic rings. The van der Waals surface area contributed by atoms with Gasteiger partial charge in [-0.1, -0.05) is 38.5 Å². The Morgan fingerprint density at radius 1 is 1.05 bits per heavy atom. The standard InChI is InChI=1S/C17H22N2/c1-3-6-14-7-5-8-15-9-11-19-13-12-18(10-4-2)17(19)16(14)15/h5,7-9,11-13,17H,3-4,6,10H2,1-2H3. The highest BCUT2D eigenvalue weighted by Crippen LogP contribution is 2.39. The van der Waals surface area contributed by atoms with E-state index in [1.807, 2.05) is 0 Å². The topological polar surface area (TPSA) is 6.48 Å². The van der Waals surface area contributed by atoms with Gasteiger partial charge in [-0.3, -0.25) is 0 Å². The number of hydrogen-bond acceptors (Lipinski definition) is 2. The van der Waals surface area contributed by atoms with E-state index >= 15 is 0 Å². The Kier molecular flexibility index (Phi) is 3.33. The number of benzene rings is 1. The van der Waals surface area contributed by atoms with Crippen LogP contribution in [-0.2, 0) is 6.42 Å². The lowest BCUT2D eigenvalue weighted by Gasteiger charge is -2.36. The summed E-state index contributed by atoms with van der Waals surface area (Å²) in [7, 11) is 0. The zero-order chi connectivity index (χ0) is 13.2. The highest BCUT2D eigenvalue weighted by Gasteiger charge is 2.31. The van der Waals surface area contributed by atoms with E-state index in [9.17, 15) is 0 Å². The molecule has 0 amide bonds. The van der Waals surface area contributed by atoms with Crippen molar-refractivity contribution >= 4 is 6.08 Å². The van der Waals surface area contributed by atoms with Crippen molar-refractivity contribution in [3.05, 3.63) is 53.5 Å². The maximum Gasteiger partial charge on any atom is 0.132 e. The molecule has 1 atom stereocenters. The van der Waals surface area contributed by atoms with Gasteiger partial charge in [0, 0.05) is 30.7 Å². The van der Waals surface area contributed by atoms with Crippen LogP contribution >= 0.6 is 0 Å². The molecule has 2 heterocycles. The Morgan fingerprint density at radius 2 is 1.95 bits per heavy atom. The first-order chi connectivity index (χ1) is 9.35. The van der Waals surface area contributed by atoms with E-state index in [0.717, 1.165) is 6.54 Å². The minimum absolute atomic E-state index is 0.377. The van der Waals surface area contributed by atoms with Crippen LogP contribution in [0.3, 0.4) is 0 Å². The molecule has 1 aromatic rings. The van der Waals surface area contributed by atoms with Gasteiger partial charge in [0.25, 0.3) is 0 Å². The average Bonchev–Trinajstić information content (AvgIpc) is 2.83. The van der Waals surface area contributed by atoms with E-state index in [4.69, 9.17) is 0 Å². The van der Waals surface area contributed by atoms with Crippen LogP contribution in [0.1, 0.15) is 49.5 Å². The molecule has 19 heavy (non-hydrogen) atoms. The van der Waals surface area contributed by atoms with E-state index < -0.39 is 0 Å². The summed E-state index contributed by atoms with van der Waals surface area (Å²) in [5.41, 5.74) is 4.39. The molecular weight excluding hydrogens is 232 g/mol. The van der Waals surface area contributed by atoms with Crippen molar-refractivity contribution in [3.8, 4) is 0 Å². The van der Waals surface area contributed by atoms with E-state index in [2.05, 4.69) is 66.5 Å². The molecule has 2 heteroatoms. The van der Waals surface area contributed by atoms with Crippen molar-refractivity contribution < 1.29 is 0 Å². The third-order valence-corrected chi connectivity index (χ3v) is 3.94. The zero-order valence-electron chi connectivity index (χ0n) is 11.8. The van der Waals surface area contributed by atoms with Crippen molar-refractivity contribution in [2.24, 2.45) is 0 Å². The normalized spacial score (nSPS) is 19.8. The lowest BCUT2D eigenvalue weighted by molar-refractivity contribution is 0.192. The third kappa shape index (κ3) is 2.05. The average molecular weight is 254 g/mol. The van der Waals surface area contributed by atoms with Gasteiger partial charge in [0.05, 0.1) is 0 Å². The van der Waals surface area contributed by atoms with Crippen LogP contribution in [0.25, 0.3) is 6.08 Å². The Labute approximate surface area is 116 Å². The van der Waals surface area contributed by atoms with Gasteiger partial charge in [0.15, 0.2) is 0 Å². The van der Waals surface area contributed by atoms with Gasteiger partial charge in [0.2, 0.25) is 0 Å². The minimum Gasteiger partial charge on any atom is -0.352 e. The Morgan fingerprint density at radius 3 is 2.74 bits per heavy atom. The molecule has 2 nitrogen and oxygen atoms in total. The first kappa shape index (κ1) is 12.3. The second-order valence-corrected chi connectivity index (χ2v) is 5.34. The Balaban J connectivity index is 2.04. The van der Waals surface area contributed by atoms with Crippen molar-refractivity contribution in [1.29, 1.82) is 0 Å². The minimum atomic E-state index is 0.377. The Bertz CT molecular complexity index is 516. The van der Waals surface area contributed by atoms with Gasteiger partial charge in [-0.15, -0.1) is 0 Å². The molecule has 0 spiro atoms. The highest BCUT2D eigenvalue weighted by atomic mass is 15.4. The van der Waals surface area contributed by atoms with Crippen molar-refractivity contribution in [3.63, 3.8) is 0 Å². The van der Waals surface area contributed by atoms with Crippen LogP contribution in [0.5, 0.6) is 0 Å². The predicted octanol–water partition coefficient (Wildman–Crippen LogP) is 4.12. The van der Waals surface area contributed by atoms with Crippen LogP contribution in [0.2, 0.25) is 0 Å². The van der Waals surface area contributed by atoms with Crippen LogP contribution in [0.15, 0.2) is 36.8 Å². The SMILES string of the molecule is CCCc1cccc2c1C1N(C=C2)C=CN1CCC. The van der Waals surface area contributed by atoms with Gasteiger partial charge >= 0.3 is 0 Å². The molecule has 1 unspecified atom stereocenters. The molecule has 0 bridgehead atoms. The highest BCUT2D eigenvalue weighted by molar-refractivity contribution is 5.60. The molecule has 0 saturated heterocycles. The van der Waals surface area contributed by atoms with Crippen molar-refractivity contribution in [2.75, 3.05) is 6.54 Å². The summed E-state index contributed by atoms with van der Waals surface area (Å²) >= 11 is 0. The van der Waals surface area contributed by atoms with Gasteiger partial charge in [0.1, 0.15) is 6.17 Å². The molecule has 0 aliphatic carbocycles. The van der Waals surface area contributed by atoms with Crippen LogP contribution in [0, 0.1) is 0 Å². The fraction of sp³-hybridized carbons (Fsp3) is 0.412. The maximum atomic E-state index is 2.46. The monoisotopic (exact) mass is 254 g/mol. The summed E-state index contributed by atoms with van der Waals surface area (Å²) < 4.78 is 0. The summed E-state index contributed by atoms with van der Waals surface area (Å²) in [5.74, 6) is 0.